The first-order valence-corrected chi connectivity index (χ1v) is 14.8. The predicted molar refractivity (Wildman–Crippen MR) is 148 cm³/mol. The van der Waals surface area contributed by atoms with Crippen molar-refractivity contribution in [1.82, 2.24) is 10.2 Å². The summed E-state index contributed by atoms with van der Waals surface area (Å²) < 4.78 is 37.3. The number of amides is 2. The monoisotopic (exact) mass is 565 g/mol. The molecule has 0 aromatic heterocycles. The van der Waals surface area contributed by atoms with Crippen molar-refractivity contribution in [1.29, 1.82) is 0 Å². The summed E-state index contributed by atoms with van der Waals surface area (Å²) >= 11 is 6.04. The Morgan fingerprint density at radius 1 is 1.05 bits per heavy atom. The molecular weight excluding hydrogens is 530 g/mol. The number of anilines is 1. The van der Waals surface area contributed by atoms with Gasteiger partial charge in [0.05, 0.1) is 26.2 Å². The van der Waals surface area contributed by atoms with Crippen LogP contribution in [-0.4, -0.2) is 64.2 Å². The summed E-state index contributed by atoms with van der Waals surface area (Å²) in [6.45, 7) is 1.47. The maximum Gasteiger partial charge on any atom is 0.244 e. The molecule has 1 N–H and O–H groups in total. The van der Waals surface area contributed by atoms with Crippen molar-refractivity contribution in [3.05, 3.63) is 53.1 Å². The predicted octanol–water partition coefficient (Wildman–Crippen LogP) is 3.99. The van der Waals surface area contributed by atoms with E-state index in [2.05, 4.69) is 5.32 Å². The van der Waals surface area contributed by atoms with Crippen molar-refractivity contribution in [3.63, 3.8) is 0 Å². The van der Waals surface area contributed by atoms with E-state index in [1.54, 1.807) is 36.4 Å². The first-order chi connectivity index (χ1) is 18.1. The number of hydrogen-bond acceptors (Lipinski definition) is 6. The fourth-order valence-electron chi connectivity index (χ4n) is 4.67. The molecule has 9 nitrogen and oxygen atoms in total. The molecule has 1 aliphatic rings. The topological polar surface area (TPSA) is 105 Å². The fraction of sp³-hybridized carbons (Fsp3) is 0.481. The van der Waals surface area contributed by atoms with Crippen LogP contribution in [0.1, 0.15) is 44.6 Å². The molecule has 0 heterocycles. The lowest BCUT2D eigenvalue weighted by Crippen LogP contribution is -2.53. The maximum absolute atomic E-state index is 13.8. The number of sulfonamides is 1. The van der Waals surface area contributed by atoms with Crippen LogP contribution in [0.4, 0.5) is 5.69 Å². The van der Waals surface area contributed by atoms with Crippen LogP contribution >= 0.6 is 11.6 Å². The van der Waals surface area contributed by atoms with E-state index in [0.29, 0.717) is 22.9 Å². The van der Waals surface area contributed by atoms with Crippen LogP contribution in [0.3, 0.4) is 0 Å². The van der Waals surface area contributed by atoms with Crippen LogP contribution < -0.4 is 19.1 Å². The molecular formula is C27H36ClN3O6S. The van der Waals surface area contributed by atoms with E-state index in [0.717, 1.165) is 41.8 Å². The Morgan fingerprint density at radius 3 is 2.24 bits per heavy atom. The molecule has 1 atom stereocenters. The molecule has 1 fully saturated rings. The minimum atomic E-state index is -3.87. The van der Waals surface area contributed by atoms with Crippen LogP contribution in [0.15, 0.2) is 42.5 Å². The molecule has 11 heteroatoms. The number of methoxy groups -OCH3 is 2. The number of rotatable bonds is 12. The van der Waals surface area contributed by atoms with Crippen molar-refractivity contribution in [3.8, 4) is 11.5 Å². The molecule has 1 saturated carbocycles. The Labute approximate surface area is 230 Å². The Bertz CT molecular complexity index is 1220. The van der Waals surface area contributed by atoms with Gasteiger partial charge in [0.2, 0.25) is 21.8 Å². The second-order valence-electron chi connectivity index (χ2n) is 9.37. The molecule has 38 heavy (non-hydrogen) atoms. The van der Waals surface area contributed by atoms with E-state index in [1.807, 2.05) is 6.92 Å². The molecule has 3 rings (SSSR count). The second kappa shape index (κ2) is 13.2. The van der Waals surface area contributed by atoms with Crippen LogP contribution in [-0.2, 0) is 26.2 Å². The number of carbonyl (C=O) groups excluding carboxylic acids is 2. The quantitative estimate of drug-likeness (QED) is 0.417. The van der Waals surface area contributed by atoms with Crippen molar-refractivity contribution < 1.29 is 27.5 Å². The van der Waals surface area contributed by atoms with Gasteiger partial charge in [0, 0.05) is 23.7 Å². The maximum atomic E-state index is 13.8. The third-order valence-corrected chi connectivity index (χ3v) is 8.08. The lowest BCUT2D eigenvalue weighted by atomic mass is 10.1. The molecule has 0 saturated heterocycles. The zero-order valence-corrected chi connectivity index (χ0v) is 23.8. The van der Waals surface area contributed by atoms with Gasteiger partial charge in [-0.05, 0) is 49.1 Å². The SMILES string of the molecule is CC[C@H](C(=O)NC1CCCC1)N(Cc1ccc(Cl)cc1)C(=O)CN(c1ccc(OC)c(OC)c1)S(C)(=O)=O. The van der Waals surface area contributed by atoms with Gasteiger partial charge in [0.25, 0.3) is 0 Å². The zero-order valence-electron chi connectivity index (χ0n) is 22.3. The number of ether oxygens (including phenoxy) is 2. The highest BCUT2D eigenvalue weighted by Gasteiger charge is 2.33. The number of nitrogens with zero attached hydrogens (tertiary/aromatic N) is 2. The van der Waals surface area contributed by atoms with E-state index in [-0.39, 0.29) is 24.2 Å². The fourth-order valence-corrected chi connectivity index (χ4v) is 5.63. The minimum Gasteiger partial charge on any atom is -0.493 e. The van der Waals surface area contributed by atoms with E-state index >= 15 is 0 Å². The van der Waals surface area contributed by atoms with Gasteiger partial charge in [-0.15, -0.1) is 0 Å². The number of benzene rings is 2. The summed E-state index contributed by atoms with van der Waals surface area (Å²) in [7, 11) is -0.947. The number of carbonyl (C=O) groups is 2. The number of halogens is 1. The van der Waals surface area contributed by atoms with Crippen LogP contribution in [0.25, 0.3) is 0 Å². The minimum absolute atomic E-state index is 0.0864. The molecule has 0 unspecified atom stereocenters. The van der Waals surface area contributed by atoms with Gasteiger partial charge in [-0.2, -0.15) is 0 Å². The highest BCUT2D eigenvalue weighted by Crippen LogP contribution is 2.32. The van der Waals surface area contributed by atoms with Crippen molar-refractivity contribution in [2.45, 2.75) is 57.7 Å². The lowest BCUT2D eigenvalue weighted by Gasteiger charge is -2.33. The molecule has 0 aliphatic heterocycles. The first-order valence-electron chi connectivity index (χ1n) is 12.6. The summed E-state index contributed by atoms with van der Waals surface area (Å²) in [6.07, 6.45) is 5.34. The van der Waals surface area contributed by atoms with Gasteiger partial charge in [0.1, 0.15) is 12.6 Å². The highest BCUT2D eigenvalue weighted by molar-refractivity contribution is 7.92. The standard InChI is InChI=1S/C27H36ClN3O6S/c1-5-23(27(33)29-21-8-6-7-9-21)30(17-19-10-12-20(28)13-11-19)26(32)18-31(38(4,34)35)22-14-15-24(36-2)25(16-22)37-3/h10-16,21,23H,5-9,17-18H2,1-4H3,(H,29,33)/t23-/m1/s1. The van der Waals surface area contributed by atoms with Crippen LogP contribution in [0.2, 0.25) is 5.02 Å². The third kappa shape index (κ3) is 7.54. The second-order valence-corrected chi connectivity index (χ2v) is 11.7. The molecule has 208 valence electrons. The smallest absolute Gasteiger partial charge is 0.244 e. The number of hydrogen-bond donors (Lipinski definition) is 1. The third-order valence-electron chi connectivity index (χ3n) is 6.69. The van der Waals surface area contributed by atoms with Crippen molar-refractivity contribution >= 4 is 39.1 Å². The highest BCUT2D eigenvalue weighted by atomic mass is 35.5. The Balaban J connectivity index is 1.94. The number of nitrogens with one attached hydrogen (secondary N) is 1. The van der Waals surface area contributed by atoms with Gasteiger partial charge in [-0.3, -0.25) is 13.9 Å². The van der Waals surface area contributed by atoms with Crippen molar-refractivity contribution in [2.24, 2.45) is 0 Å². The molecule has 0 bridgehead atoms. The average molecular weight is 566 g/mol. The van der Waals surface area contributed by atoms with Gasteiger partial charge in [0.15, 0.2) is 11.5 Å². The normalized spacial score (nSPS) is 14.6. The van der Waals surface area contributed by atoms with Crippen molar-refractivity contribution in [2.75, 3.05) is 31.3 Å². The molecule has 1 aliphatic carbocycles. The largest absolute Gasteiger partial charge is 0.493 e. The van der Waals surface area contributed by atoms with Gasteiger partial charge in [-0.25, -0.2) is 8.42 Å². The first kappa shape index (κ1) is 29.6. The summed E-state index contributed by atoms with van der Waals surface area (Å²) in [5, 5.41) is 3.64. The van der Waals surface area contributed by atoms with Crippen LogP contribution in [0.5, 0.6) is 11.5 Å². The van der Waals surface area contributed by atoms with Gasteiger partial charge < -0.3 is 19.7 Å². The molecule has 2 amide bonds. The van der Waals surface area contributed by atoms with E-state index in [9.17, 15) is 18.0 Å². The van der Waals surface area contributed by atoms with E-state index in [1.165, 1.54) is 25.2 Å². The zero-order chi connectivity index (χ0) is 27.9. The molecule has 0 spiro atoms. The Hall–Kier alpha value is -2.98. The summed E-state index contributed by atoms with van der Waals surface area (Å²) in [4.78, 5) is 28.6. The van der Waals surface area contributed by atoms with Crippen LogP contribution in [0, 0.1) is 0 Å². The molecule has 2 aromatic rings. The van der Waals surface area contributed by atoms with E-state index in [4.69, 9.17) is 21.1 Å². The molecule has 0 radical (unpaired) electrons. The Kier molecular flexibility index (Phi) is 10.3. The van der Waals surface area contributed by atoms with Gasteiger partial charge in [-0.1, -0.05) is 43.5 Å². The summed E-state index contributed by atoms with van der Waals surface area (Å²) in [5.74, 6) is 0.00818. The lowest BCUT2D eigenvalue weighted by molar-refractivity contribution is -0.140. The van der Waals surface area contributed by atoms with E-state index < -0.39 is 28.5 Å². The summed E-state index contributed by atoms with van der Waals surface area (Å²) in [6, 6.07) is 10.9. The Morgan fingerprint density at radius 2 is 1.68 bits per heavy atom. The molecule has 2 aromatic carbocycles. The van der Waals surface area contributed by atoms with Gasteiger partial charge >= 0.3 is 0 Å². The summed E-state index contributed by atoms with van der Waals surface area (Å²) in [5.41, 5.74) is 1.01. The average Bonchev–Trinajstić information content (AvgIpc) is 3.40.